The van der Waals surface area contributed by atoms with Crippen molar-refractivity contribution in [3.63, 3.8) is 0 Å². The number of benzene rings is 2. The molecule has 0 N–H and O–H groups in total. The lowest BCUT2D eigenvalue weighted by Crippen LogP contribution is -2.43. The second-order valence-corrected chi connectivity index (χ2v) is 9.69. The molecule has 0 aliphatic carbocycles. The summed E-state index contributed by atoms with van der Waals surface area (Å²) in [4.78, 5) is 14.7. The molecule has 0 saturated carbocycles. The molecule has 0 radical (unpaired) electrons. The quantitative estimate of drug-likeness (QED) is 0.640. The third kappa shape index (κ3) is 5.53. The number of hydrogen-bond acceptors (Lipinski definition) is 4. The number of sulfonamides is 1. The first kappa shape index (κ1) is 22.6. The Kier molecular flexibility index (Phi) is 7.75. The van der Waals surface area contributed by atoms with Gasteiger partial charge in [-0.15, -0.1) is 0 Å². The van der Waals surface area contributed by atoms with E-state index >= 15 is 0 Å². The standard InChI is InChI=1S/C22H27ClN2O4S/c1-29-20-12-11-19(23)15-21(20)30(27,28)25(16-18-9-5-4-6-10-18)17-22(26)24-13-7-2-3-8-14-24/h4-6,9-12,15H,2-3,7-8,13-14,16-17H2,1H3. The minimum atomic E-state index is -4.03. The van der Waals surface area contributed by atoms with Crippen LogP contribution < -0.4 is 4.74 Å². The summed E-state index contributed by atoms with van der Waals surface area (Å²) in [6.45, 7) is 1.18. The molecular formula is C22H27ClN2O4S. The highest BCUT2D eigenvalue weighted by Crippen LogP contribution is 2.30. The number of rotatable bonds is 7. The molecule has 1 fully saturated rings. The maximum Gasteiger partial charge on any atom is 0.247 e. The molecule has 8 heteroatoms. The van der Waals surface area contributed by atoms with Gasteiger partial charge in [-0.25, -0.2) is 8.42 Å². The highest BCUT2D eigenvalue weighted by molar-refractivity contribution is 7.89. The minimum absolute atomic E-state index is 0.0444. The molecule has 2 aromatic carbocycles. The van der Waals surface area contributed by atoms with Crippen LogP contribution in [0.3, 0.4) is 0 Å². The minimum Gasteiger partial charge on any atom is -0.495 e. The molecule has 1 aliphatic rings. The molecule has 0 unspecified atom stereocenters. The lowest BCUT2D eigenvalue weighted by atomic mass is 10.2. The van der Waals surface area contributed by atoms with E-state index in [0.29, 0.717) is 13.1 Å². The largest absolute Gasteiger partial charge is 0.495 e. The van der Waals surface area contributed by atoms with Gasteiger partial charge in [0.25, 0.3) is 0 Å². The van der Waals surface area contributed by atoms with E-state index in [1.807, 2.05) is 30.3 Å². The predicted octanol–water partition coefficient (Wildman–Crippen LogP) is 3.94. The summed E-state index contributed by atoms with van der Waals surface area (Å²) in [7, 11) is -2.62. The molecule has 1 heterocycles. The Morgan fingerprint density at radius 3 is 2.37 bits per heavy atom. The van der Waals surface area contributed by atoms with Crippen molar-refractivity contribution in [2.24, 2.45) is 0 Å². The molecule has 162 valence electrons. The number of amides is 1. The van der Waals surface area contributed by atoms with Crippen LogP contribution in [0.1, 0.15) is 31.2 Å². The zero-order valence-corrected chi connectivity index (χ0v) is 18.7. The van der Waals surface area contributed by atoms with Crippen molar-refractivity contribution in [3.8, 4) is 5.75 Å². The van der Waals surface area contributed by atoms with Crippen LogP contribution in [0.4, 0.5) is 0 Å². The highest BCUT2D eigenvalue weighted by Gasteiger charge is 2.31. The molecular weight excluding hydrogens is 424 g/mol. The van der Waals surface area contributed by atoms with Crippen molar-refractivity contribution >= 4 is 27.5 Å². The van der Waals surface area contributed by atoms with Crippen LogP contribution in [0, 0.1) is 0 Å². The fraction of sp³-hybridized carbons (Fsp3) is 0.409. The van der Waals surface area contributed by atoms with Crippen molar-refractivity contribution in [2.75, 3.05) is 26.7 Å². The van der Waals surface area contributed by atoms with Crippen LogP contribution in [-0.2, 0) is 21.4 Å². The van der Waals surface area contributed by atoms with Gasteiger partial charge >= 0.3 is 0 Å². The van der Waals surface area contributed by atoms with E-state index in [-0.39, 0.29) is 34.7 Å². The first-order valence-corrected chi connectivity index (χ1v) is 11.9. The van der Waals surface area contributed by atoms with E-state index in [1.165, 1.54) is 23.5 Å². The molecule has 0 atom stereocenters. The molecule has 3 rings (SSSR count). The molecule has 1 aliphatic heterocycles. The summed E-state index contributed by atoms with van der Waals surface area (Å²) in [5, 5.41) is 0.285. The van der Waals surface area contributed by atoms with E-state index in [9.17, 15) is 13.2 Å². The predicted molar refractivity (Wildman–Crippen MR) is 117 cm³/mol. The van der Waals surface area contributed by atoms with Gasteiger partial charge in [0.2, 0.25) is 15.9 Å². The summed E-state index contributed by atoms with van der Waals surface area (Å²) < 4.78 is 33.6. The Morgan fingerprint density at radius 1 is 1.07 bits per heavy atom. The maximum absolute atomic E-state index is 13.6. The van der Waals surface area contributed by atoms with Crippen molar-refractivity contribution in [1.29, 1.82) is 0 Å². The molecule has 2 aromatic rings. The van der Waals surface area contributed by atoms with E-state index in [0.717, 1.165) is 31.2 Å². The third-order valence-electron chi connectivity index (χ3n) is 5.22. The molecule has 1 saturated heterocycles. The number of carbonyl (C=O) groups excluding carboxylic acids is 1. The van der Waals surface area contributed by atoms with E-state index in [2.05, 4.69) is 0 Å². The third-order valence-corrected chi connectivity index (χ3v) is 7.26. The number of methoxy groups -OCH3 is 1. The summed E-state index contributed by atoms with van der Waals surface area (Å²) >= 11 is 6.08. The number of hydrogen-bond donors (Lipinski definition) is 0. The fourth-order valence-electron chi connectivity index (χ4n) is 3.58. The second-order valence-electron chi connectivity index (χ2n) is 7.35. The Morgan fingerprint density at radius 2 is 1.73 bits per heavy atom. The Bertz CT molecular complexity index is 958. The summed E-state index contributed by atoms with van der Waals surface area (Å²) in [5.74, 6) is 0.0112. The average molecular weight is 451 g/mol. The molecule has 1 amide bonds. The zero-order valence-electron chi connectivity index (χ0n) is 17.1. The van der Waals surface area contributed by atoms with Crippen LogP contribution >= 0.6 is 11.6 Å². The lowest BCUT2D eigenvalue weighted by Gasteiger charge is -2.27. The van der Waals surface area contributed by atoms with Crippen molar-refractivity contribution < 1.29 is 17.9 Å². The summed E-state index contributed by atoms with van der Waals surface area (Å²) in [5.41, 5.74) is 0.797. The normalized spacial score (nSPS) is 15.1. The molecule has 6 nitrogen and oxygen atoms in total. The monoisotopic (exact) mass is 450 g/mol. The van der Waals surface area contributed by atoms with Crippen LogP contribution in [0.5, 0.6) is 5.75 Å². The topological polar surface area (TPSA) is 66.9 Å². The second kappa shape index (κ2) is 10.3. The van der Waals surface area contributed by atoms with E-state index in [4.69, 9.17) is 16.3 Å². The zero-order chi connectivity index (χ0) is 21.6. The van der Waals surface area contributed by atoms with Gasteiger partial charge in [-0.3, -0.25) is 4.79 Å². The van der Waals surface area contributed by atoms with Gasteiger partial charge in [-0.1, -0.05) is 54.8 Å². The van der Waals surface area contributed by atoms with Crippen molar-refractivity contribution in [1.82, 2.24) is 9.21 Å². The van der Waals surface area contributed by atoms with Gasteiger partial charge in [0.15, 0.2) is 0 Å². The first-order valence-electron chi connectivity index (χ1n) is 10.1. The van der Waals surface area contributed by atoms with Crippen LogP contribution in [-0.4, -0.2) is 50.3 Å². The lowest BCUT2D eigenvalue weighted by molar-refractivity contribution is -0.131. The van der Waals surface area contributed by atoms with Crippen molar-refractivity contribution in [2.45, 2.75) is 37.1 Å². The number of ether oxygens (including phenoxy) is 1. The van der Waals surface area contributed by atoms with Gasteiger partial charge in [0.1, 0.15) is 10.6 Å². The SMILES string of the molecule is COc1ccc(Cl)cc1S(=O)(=O)N(CC(=O)N1CCCCCC1)Cc1ccccc1. The summed E-state index contributed by atoms with van der Waals surface area (Å²) in [6.07, 6.45) is 4.07. The highest BCUT2D eigenvalue weighted by atomic mass is 35.5. The molecule has 30 heavy (non-hydrogen) atoms. The fourth-order valence-corrected chi connectivity index (χ4v) is 5.37. The number of nitrogens with zero attached hydrogens (tertiary/aromatic N) is 2. The van der Waals surface area contributed by atoms with E-state index in [1.54, 1.807) is 11.0 Å². The van der Waals surface area contributed by atoms with Crippen molar-refractivity contribution in [3.05, 3.63) is 59.1 Å². The van der Waals surface area contributed by atoms with Crippen LogP contribution in [0.25, 0.3) is 0 Å². The van der Waals surface area contributed by atoms with Gasteiger partial charge < -0.3 is 9.64 Å². The van der Waals surface area contributed by atoms with Crippen LogP contribution in [0.15, 0.2) is 53.4 Å². The Balaban J connectivity index is 1.94. The number of halogens is 1. The number of likely N-dealkylation sites (tertiary alicyclic amines) is 1. The molecule has 0 spiro atoms. The smallest absolute Gasteiger partial charge is 0.247 e. The maximum atomic E-state index is 13.6. The van der Waals surface area contributed by atoms with Gasteiger partial charge in [0.05, 0.1) is 13.7 Å². The first-order chi connectivity index (χ1) is 14.4. The van der Waals surface area contributed by atoms with Gasteiger partial charge in [-0.05, 0) is 36.6 Å². The Labute approximate surface area is 183 Å². The summed E-state index contributed by atoms with van der Waals surface area (Å²) in [6, 6.07) is 13.7. The molecule has 0 bridgehead atoms. The Hall–Kier alpha value is -2.09. The van der Waals surface area contributed by atoms with Gasteiger partial charge in [-0.2, -0.15) is 4.31 Å². The number of carbonyl (C=O) groups is 1. The average Bonchev–Trinajstić information content (AvgIpc) is 3.03. The van der Waals surface area contributed by atoms with Crippen LogP contribution in [0.2, 0.25) is 5.02 Å². The van der Waals surface area contributed by atoms with Gasteiger partial charge in [0, 0.05) is 24.7 Å². The van der Waals surface area contributed by atoms with E-state index < -0.39 is 10.0 Å². The molecule has 0 aromatic heterocycles.